The third-order valence-corrected chi connectivity index (χ3v) is 5.55. The Hall–Kier alpha value is -3.94. The summed E-state index contributed by atoms with van der Waals surface area (Å²) in [4.78, 5) is 12.7. The first-order chi connectivity index (χ1) is 15.7. The summed E-state index contributed by atoms with van der Waals surface area (Å²) in [6.07, 6.45) is 0. The lowest BCUT2D eigenvalue weighted by Crippen LogP contribution is -2.22. The molecule has 0 aliphatic carbocycles. The summed E-state index contributed by atoms with van der Waals surface area (Å²) in [6, 6.07) is 29.7. The highest BCUT2D eigenvalue weighted by Gasteiger charge is 2.08. The zero-order chi connectivity index (χ0) is 22.3. The van der Waals surface area contributed by atoms with Crippen LogP contribution in [0.15, 0.2) is 84.9 Å². The second kappa shape index (κ2) is 9.91. The molecule has 0 fully saturated rings. The molecule has 0 aliphatic rings. The molecule has 32 heavy (non-hydrogen) atoms. The van der Waals surface area contributed by atoms with Crippen LogP contribution in [0.2, 0.25) is 0 Å². The average Bonchev–Trinajstić information content (AvgIpc) is 2.86. The predicted octanol–water partition coefficient (Wildman–Crippen LogP) is 5.42. The highest BCUT2D eigenvalue weighted by molar-refractivity contribution is 5.95. The molecule has 4 heteroatoms. The van der Waals surface area contributed by atoms with Crippen molar-refractivity contribution >= 4 is 16.7 Å². The molecule has 0 bridgehead atoms. The monoisotopic (exact) mass is 419 g/mol. The number of fused-ring (bicyclic) bond motifs is 1. The number of hydrogen-bond acceptors (Lipinski definition) is 3. The van der Waals surface area contributed by atoms with Crippen molar-refractivity contribution in [3.05, 3.63) is 107 Å². The van der Waals surface area contributed by atoms with E-state index in [9.17, 15) is 4.79 Å². The number of amides is 1. The maximum absolute atomic E-state index is 12.7. The highest BCUT2D eigenvalue weighted by Crippen LogP contribution is 2.22. The summed E-state index contributed by atoms with van der Waals surface area (Å²) in [6.45, 7) is 4.37. The molecule has 0 atom stereocenters. The lowest BCUT2D eigenvalue weighted by molar-refractivity contribution is 0.0951. The van der Waals surface area contributed by atoms with Gasteiger partial charge in [0, 0.05) is 18.7 Å². The van der Waals surface area contributed by atoms with E-state index in [1.54, 1.807) is 12.1 Å². The van der Waals surface area contributed by atoms with Crippen molar-refractivity contribution in [3.63, 3.8) is 0 Å². The molecule has 0 aliphatic heterocycles. The summed E-state index contributed by atoms with van der Waals surface area (Å²) >= 11 is 0. The van der Waals surface area contributed by atoms with Crippen molar-refractivity contribution < 1.29 is 4.79 Å². The van der Waals surface area contributed by atoms with Gasteiger partial charge in [-0.1, -0.05) is 61.5 Å². The number of nitriles is 1. The molecule has 0 saturated carbocycles. The molecular weight excluding hydrogens is 394 g/mol. The first-order valence-electron chi connectivity index (χ1n) is 10.8. The average molecular weight is 420 g/mol. The Morgan fingerprint density at radius 3 is 2.28 bits per heavy atom. The Balaban J connectivity index is 1.44. The molecule has 0 saturated heterocycles. The standard InChI is InChI=1S/C28H25N3O/c1-2-30-18-21-8-15-27-25(16-21)4-3-5-26(27)19-31-28(32)24-13-11-23(12-14-24)22-9-6-20(17-29)7-10-22/h3-16,30H,2,18-19H2,1H3,(H,31,32). The normalized spacial score (nSPS) is 10.6. The lowest BCUT2D eigenvalue weighted by Gasteiger charge is -2.11. The summed E-state index contributed by atoms with van der Waals surface area (Å²) in [5.41, 5.74) is 5.62. The Morgan fingerprint density at radius 2 is 1.59 bits per heavy atom. The predicted molar refractivity (Wildman–Crippen MR) is 129 cm³/mol. The number of nitrogens with zero attached hydrogens (tertiary/aromatic N) is 1. The number of hydrogen-bond donors (Lipinski definition) is 2. The van der Waals surface area contributed by atoms with Gasteiger partial charge in [-0.05, 0) is 69.9 Å². The maximum Gasteiger partial charge on any atom is 0.251 e. The van der Waals surface area contributed by atoms with Crippen molar-refractivity contribution in [2.45, 2.75) is 20.0 Å². The van der Waals surface area contributed by atoms with Crippen LogP contribution >= 0.6 is 0 Å². The largest absolute Gasteiger partial charge is 0.348 e. The first kappa shape index (κ1) is 21.3. The molecule has 0 spiro atoms. The van der Waals surface area contributed by atoms with Crippen LogP contribution in [0.5, 0.6) is 0 Å². The minimum absolute atomic E-state index is 0.0999. The van der Waals surface area contributed by atoms with Gasteiger partial charge in [-0.25, -0.2) is 0 Å². The zero-order valence-corrected chi connectivity index (χ0v) is 18.1. The maximum atomic E-state index is 12.7. The van der Waals surface area contributed by atoms with E-state index in [0.717, 1.165) is 35.2 Å². The first-order valence-corrected chi connectivity index (χ1v) is 10.8. The van der Waals surface area contributed by atoms with E-state index in [1.807, 2.05) is 42.5 Å². The van der Waals surface area contributed by atoms with Gasteiger partial charge in [0.15, 0.2) is 0 Å². The van der Waals surface area contributed by atoms with E-state index < -0.39 is 0 Å². The van der Waals surface area contributed by atoms with Gasteiger partial charge in [0.1, 0.15) is 0 Å². The lowest BCUT2D eigenvalue weighted by atomic mass is 10.0. The minimum atomic E-state index is -0.0999. The molecular formula is C28H25N3O. The Morgan fingerprint density at radius 1 is 0.875 bits per heavy atom. The van der Waals surface area contributed by atoms with Crippen LogP contribution in [0, 0.1) is 11.3 Å². The molecule has 0 aromatic heterocycles. The van der Waals surface area contributed by atoms with Crippen LogP contribution in [0.25, 0.3) is 21.9 Å². The van der Waals surface area contributed by atoms with E-state index in [1.165, 1.54) is 10.9 Å². The second-order valence-corrected chi connectivity index (χ2v) is 7.70. The van der Waals surface area contributed by atoms with Crippen molar-refractivity contribution in [3.8, 4) is 17.2 Å². The molecule has 0 heterocycles. The van der Waals surface area contributed by atoms with Crippen molar-refractivity contribution in [2.75, 3.05) is 6.54 Å². The van der Waals surface area contributed by atoms with E-state index in [-0.39, 0.29) is 5.91 Å². The van der Waals surface area contributed by atoms with Gasteiger partial charge < -0.3 is 10.6 Å². The Bertz CT molecular complexity index is 1270. The van der Waals surface area contributed by atoms with Gasteiger partial charge in [0.25, 0.3) is 5.91 Å². The number of carbonyl (C=O) groups excluding carboxylic acids is 1. The van der Waals surface area contributed by atoms with Crippen LogP contribution in [-0.2, 0) is 13.1 Å². The molecule has 2 N–H and O–H groups in total. The summed E-state index contributed by atoms with van der Waals surface area (Å²) in [7, 11) is 0. The van der Waals surface area contributed by atoms with Crippen molar-refractivity contribution in [1.82, 2.24) is 10.6 Å². The van der Waals surface area contributed by atoms with Gasteiger partial charge in [-0.3, -0.25) is 4.79 Å². The van der Waals surface area contributed by atoms with E-state index >= 15 is 0 Å². The smallest absolute Gasteiger partial charge is 0.251 e. The van der Waals surface area contributed by atoms with Crippen LogP contribution in [0.1, 0.15) is 34.0 Å². The van der Waals surface area contributed by atoms with E-state index in [0.29, 0.717) is 17.7 Å². The Kier molecular flexibility index (Phi) is 6.60. The Labute approximate surface area is 188 Å². The van der Waals surface area contributed by atoms with E-state index in [2.05, 4.69) is 54.0 Å². The summed E-state index contributed by atoms with van der Waals surface area (Å²) < 4.78 is 0. The number of rotatable bonds is 7. The van der Waals surface area contributed by atoms with Gasteiger partial charge >= 0.3 is 0 Å². The molecule has 4 nitrogen and oxygen atoms in total. The fourth-order valence-corrected chi connectivity index (χ4v) is 3.76. The van der Waals surface area contributed by atoms with E-state index in [4.69, 9.17) is 5.26 Å². The van der Waals surface area contributed by atoms with Crippen molar-refractivity contribution in [2.24, 2.45) is 0 Å². The molecule has 158 valence electrons. The van der Waals surface area contributed by atoms with Gasteiger partial charge in [-0.15, -0.1) is 0 Å². The van der Waals surface area contributed by atoms with Crippen LogP contribution in [0.4, 0.5) is 0 Å². The number of nitrogens with one attached hydrogen (secondary N) is 2. The van der Waals surface area contributed by atoms with Crippen LogP contribution in [-0.4, -0.2) is 12.5 Å². The summed E-state index contributed by atoms with van der Waals surface area (Å²) in [5.74, 6) is -0.0999. The molecule has 4 aromatic rings. The fourth-order valence-electron chi connectivity index (χ4n) is 3.76. The topological polar surface area (TPSA) is 64.9 Å². The van der Waals surface area contributed by atoms with Gasteiger partial charge in [-0.2, -0.15) is 5.26 Å². The third-order valence-electron chi connectivity index (χ3n) is 5.55. The molecule has 4 aromatic carbocycles. The highest BCUT2D eigenvalue weighted by atomic mass is 16.1. The van der Waals surface area contributed by atoms with Crippen molar-refractivity contribution in [1.29, 1.82) is 5.26 Å². The molecule has 1 amide bonds. The molecule has 0 radical (unpaired) electrons. The SMILES string of the molecule is CCNCc1ccc2c(CNC(=O)c3ccc(-c4ccc(C#N)cc4)cc3)cccc2c1. The summed E-state index contributed by atoms with van der Waals surface area (Å²) in [5, 5.41) is 17.7. The van der Waals surface area contributed by atoms with Gasteiger partial charge in [0.2, 0.25) is 0 Å². The quantitative estimate of drug-likeness (QED) is 0.420. The molecule has 0 unspecified atom stereocenters. The second-order valence-electron chi connectivity index (χ2n) is 7.70. The molecule has 4 rings (SSSR count). The third kappa shape index (κ3) is 4.85. The minimum Gasteiger partial charge on any atom is -0.348 e. The van der Waals surface area contributed by atoms with Crippen LogP contribution < -0.4 is 10.6 Å². The zero-order valence-electron chi connectivity index (χ0n) is 18.1. The number of benzene rings is 4. The van der Waals surface area contributed by atoms with Gasteiger partial charge in [0.05, 0.1) is 11.6 Å². The van der Waals surface area contributed by atoms with Crippen LogP contribution in [0.3, 0.4) is 0 Å². The number of carbonyl (C=O) groups is 1. The fraction of sp³-hybridized carbons (Fsp3) is 0.143.